The summed E-state index contributed by atoms with van der Waals surface area (Å²) in [6.07, 6.45) is 0. The number of nitriles is 1. The molecular formula is C20H31N4O3S+. The maximum absolute atomic E-state index is 13.0. The second-order valence-electron chi connectivity index (χ2n) is 8.12. The lowest BCUT2D eigenvalue weighted by atomic mass is 9.90. The predicted molar refractivity (Wildman–Crippen MR) is 107 cm³/mol. The Morgan fingerprint density at radius 3 is 2.43 bits per heavy atom. The number of benzene rings is 1. The van der Waals surface area contributed by atoms with E-state index in [1.54, 1.807) is 13.0 Å². The highest BCUT2D eigenvalue weighted by Crippen LogP contribution is 2.21. The van der Waals surface area contributed by atoms with E-state index in [1.807, 2.05) is 39.8 Å². The fourth-order valence-electron chi connectivity index (χ4n) is 3.31. The summed E-state index contributed by atoms with van der Waals surface area (Å²) < 4.78 is 27.4. The van der Waals surface area contributed by atoms with Crippen LogP contribution in [-0.4, -0.2) is 56.9 Å². The highest BCUT2D eigenvalue weighted by molar-refractivity contribution is 7.89. The molecule has 0 spiro atoms. The van der Waals surface area contributed by atoms with E-state index in [-0.39, 0.29) is 18.4 Å². The standard InChI is InChI=1S/C20H30N4O3S/c1-15(2)20(5,14-21)22-19(25)13-23-8-10-24(11-9-23)28(26,27)18-7-6-16(3)12-17(18)4/h6-7,12,15H,8-11,13H2,1-5H3,(H,22,25)/p+1/t20-/m1/s1. The van der Waals surface area contributed by atoms with Crippen molar-refractivity contribution in [2.75, 3.05) is 32.7 Å². The molecule has 154 valence electrons. The first-order valence-electron chi connectivity index (χ1n) is 9.63. The molecule has 0 aliphatic carbocycles. The van der Waals surface area contributed by atoms with Crippen molar-refractivity contribution in [3.63, 3.8) is 0 Å². The van der Waals surface area contributed by atoms with Gasteiger partial charge in [0, 0.05) is 0 Å². The zero-order valence-corrected chi connectivity index (χ0v) is 18.2. The molecule has 7 nitrogen and oxygen atoms in total. The van der Waals surface area contributed by atoms with E-state index in [0.29, 0.717) is 31.1 Å². The third-order valence-electron chi connectivity index (χ3n) is 5.57. The van der Waals surface area contributed by atoms with Gasteiger partial charge in [-0.2, -0.15) is 9.57 Å². The van der Waals surface area contributed by atoms with Crippen molar-refractivity contribution < 1.29 is 18.1 Å². The molecule has 0 bridgehead atoms. The summed E-state index contributed by atoms with van der Waals surface area (Å²) >= 11 is 0. The SMILES string of the molecule is Cc1ccc(S(=O)(=O)N2CC[NH+](CC(=O)N[C@](C)(C#N)C(C)C)CC2)c(C)c1. The Labute approximate surface area is 168 Å². The van der Waals surface area contributed by atoms with E-state index in [4.69, 9.17) is 0 Å². The fourth-order valence-corrected chi connectivity index (χ4v) is 4.96. The molecule has 1 fully saturated rings. The minimum Gasteiger partial charge on any atom is -0.333 e. The zero-order valence-electron chi connectivity index (χ0n) is 17.4. The molecule has 0 radical (unpaired) electrons. The van der Waals surface area contributed by atoms with E-state index in [0.717, 1.165) is 16.0 Å². The minimum atomic E-state index is -3.53. The van der Waals surface area contributed by atoms with Gasteiger partial charge in [-0.15, -0.1) is 0 Å². The van der Waals surface area contributed by atoms with Crippen LogP contribution < -0.4 is 10.2 Å². The van der Waals surface area contributed by atoms with Gasteiger partial charge in [0.2, 0.25) is 10.0 Å². The van der Waals surface area contributed by atoms with Gasteiger partial charge in [-0.1, -0.05) is 31.5 Å². The van der Waals surface area contributed by atoms with Crippen LogP contribution in [0, 0.1) is 31.1 Å². The molecule has 0 unspecified atom stereocenters. The topological polar surface area (TPSA) is 94.7 Å². The number of carbonyl (C=O) groups excluding carboxylic acids is 1. The number of rotatable bonds is 6. The summed E-state index contributed by atoms with van der Waals surface area (Å²) in [6, 6.07) is 7.53. The maximum Gasteiger partial charge on any atom is 0.276 e. The fraction of sp³-hybridized carbons (Fsp3) is 0.600. The van der Waals surface area contributed by atoms with E-state index >= 15 is 0 Å². The molecule has 8 heteroatoms. The van der Waals surface area contributed by atoms with Gasteiger partial charge in [0.15, 0.2) is 6.54 Å². The summed E-state index contributed by atoms with van der Waals surface area (Å²) in [5.74, 6) is -0.186. The highest BCUT2D eigenvalue weighted by atomic mass is 32.2. The number of aryl methyl sites for hydroxylation is 2. The average molecular weight is 408 g/mol. The Morgan fingerprint density at radius 2 is 1.93 bits per heavy atom. The normalized spacial score (nSPS) is 18.5. The molecule has 2 rings (SSSR count). The summed E-state index contributed by atoms with van der Waals surface area (Å²) in [5, 5.41) is 12.2. The smallest absolute Gasteiger partial charge is 0.276 e. The molecule has 28 heavy (non-hydrogen) atoms. The van der Waals surface area contributed by atoms with Crippen LogP contribution in [0.1, 0.15) is 31.9 Å². The van der Waals surface area contributed by atoms with Gasteiger partial charge in [0.05, 0.1) is 37.1 Å². The number of piperazine rings is 1. The molecule has 2 N–H and O–H groups in total. The van der Waals surface area contributed by atoms with Gasteiger partial charge in [-0.05, 0) is 38.3 Å². The summed E-state index contributed by atoms with van der Waals surface area (Å²) in [7, 11) is -3.53. The van der Waals surface area contributed by atoms with Gasteiger partial charge >= 0.3 is 0 Å². The lowest BCUT2D eigenvalue weighted by molar-refractivity contribution is -0.895. The first-order chi connectivity index (χ1) is 13.0. The quantitative estimate of drug-likeness (QED) is 0.707. The van der Waals surface area contributed by atoms with Crippen LogP contribution in [0.25, 0.3) is 0 Å². The second-order valence-corrected chi connectivity index (χ2v) is 10.0. The molecule has 0 aromatic heterocycles. The Hall–Kier alpha value is -1.95. The molecule has 1 saturated heterocycles. The van der Waals surface area contributed by atoms with Gasteiger partial charge in [0.1, 0.15) is 5.54 Å². The Balaban J connectivity index is 1.97. The van der Waals surface area contributed by atoms with Crippen LogP contribution in [0.15, 0.2) is 23.1 Å². The zero-order chi connectivity index (χ0) is 21.1. The largest absolute Gasteiger partial charge is 0.333 e. The Morgan fingerprint density at radius 1 is 1.32 bits per heavy atom. The number of sulfonamides is 1. The molecular weight excluding hydrogens is 376 g/mol. The van der Waals surface area contributed by atoms with Crippen molar-refractivity contribution in [3.8, 4) is 6.07 Å². The first kappa shape index (κ1) is 22.3. The molecule has 1 amide bonds. The number of nitrogens with zero attached hydrogens (tertiary/aromatic N) is 2. The molecule has 0 saturated carbocycles. The lowest BCUT2D eigenvalue weighted by Gasteiger charge is -2.33. The molecule has 1 aliphatic heterocycles. The maximum atomic E-state index is 13.0. The first-order valence-corrected chi connectivity index (χ1v) is 11.1. The summed E-state index contributed by atoms with van der Waals surface area (Å²) in [4.78, 5) is 13.7. The third kappa shape index (κ3) is 4.90. The number of carbonyl (C=O) groups is 1. The predicted octanol–water partition coefficient (Wildman–Crippen LogP) is 0.247. The molecule has 1 aliphatic rings. The highest BCUT2D eigenvalue weighted by Gasteiger charge is 2.34. The van der Waals surface area contributed by atoms with Crippen molar-refractivity contribution in [2.45, 2.75) is 45.1 Å². The third-order valence-corrected chi connectivity index (χ3v) is 7.63. The summed E-state index contributed by atoms with van der Waals surface area (Å²) in [5.41, 5.74) is 0.881. The van der Waals surface area contributed by atoms with E-state index in [1.165, 1.54) is 4.31 Å². The van der Waals surface area contributed by atoms with Crippen molar-refractivity contribution >= 4 is 15.9 Å². The molecule has 1 aromatic rings. The van der Waals surface area contributed by atoms with Crippen LogP contribution in [0.3, 0.4) is 0 Å². The van der Waals surface area contributed by atoms with Crippen LogP contribution >= 0.6 is 0 Å². The number of nitrogens with one attached hydrogen (secondary N) is 2. The van der Waals surface area contributed by atoms with Crippen LogP contribution in [0.2, 0.25) is 0 Å². The minimum absolute atomic E-state index is 0.00353. The average Bonchev–Trinajstić information content (AvgIpc) is 2.61. The Bertz CT molecular complexity index is 868. The number of hydrogen-bond acceptors (Lipinski definition) is 4. The molecule has 1 atom stereocenters. The van der Waals surface area contributed by atoms with Crippen molar-refractivity contribution in [3.05, 3.63) is 29.3 Å². The van der Waals surface area contributed by atoms with Crippen LogP contribution in [0.5, 0.6) is 0 Å². The van der Waals surface area contributed by atoms with Crippen molar-refractivity contribution in [2.24, 2.45) is 5.92 Å². The van der Waals surface area contributed by atoms with Gasteiger partial charge in [-0.3, -0.25) is 4.79 Å². The van der Waals surface area contributed by atoms with E-state index < -0.39 is 15.6 Å². The van der Waals surface area contributed by atoms with E-state index in [9.17, 15) is 18.5 Å². The lowest BCUT2D eigenvalue weighted by Crippen LogP contribution is -3.16. The second kappa shape index (κ2) is 8.60. The van der Waals surface area contributed by atoms with Gasteiger partial charge in [-0.25, -0.2) is 8.42 Å². The Kier molecular flexibility index (Phi) is 6.86. The number of quaternary nitrogens is 1. The number of hydrogen-bond donors (Lipinski definition) is 2. The monoisotopic (exact) mass is 407 g/mol. The molecule has 1 heterocycles. The summed E-state index contributed by atoms with van der Waals surface area (Å²) in [6.45, 7) is 11.4. The van der Waals surface area contributed by atoms with Gasteiger partial charge in [0.25, 0.3) is 5.91 Å². The number of amides is 1. The van der Waals surface area contributed by atoms with E-state index in [2.05, 4.69) is 11.4 Å². The van der Waals surface area contributed by atoms with Crippen LogP contribution in [0.4, 0.5) is 0 Å². The van der Waals surface area contributed by atoms with Crippen molar-refractivity contribution in [1.82, 2.24) is 9.62 Å². The molecule has 1 aromatic carbocycles. The van der Waals surface area contributed by atoms with Gasteiger partial charge < -0.3 is 10.2 Å². The van der Waals surface area contributed by atoms with Crippen LogP contribution in [-0.2, 0) is 14.8 Å². The van der Waals surface area contributed by atoms with Crippen molar-refractivity contribution in [1.29, 1.82) is 5.26 Å².